The molecule has 5 heteroatoms. The Labute approximate surface area is 166 Å². The van der Waals surface area contributed by atoms with Gasteiger partial charge in [0, 0.05) is 24.6 Å². The number of fused-ring (bicyclic) bond motifs is 1. The maximum Gasteiger partial charge on any atom is 0.224 e. The summed E-state index contributed by atoms with van der Waals surface area (Å²) in [6, 6.07) is 6.18. The highest BCUT2D eigenvalue weighted by Gasteiger charge is 2.24. The summed E-state index contributed by atoms with van der Waals surface area (Å²) < 4.78 is 6.03. The van der Waals surface area contributed by atoms with Crippen LogP contribution in [0, 0.1) is 13.8 Å². The summed E-state index contributed by atoms with van der Waals surface area (Å²) in [6.07, 6.45) is 9.93. The van der Waals surface area contributed by atoms with E-state index in [1.165, 1.54) is 18.4 Å². The number of allylic oxidation sites excluding steroid dienone is 1. The van der Waals surface area contributed by atoms with Gasteiger partial charge in [0.25, 0.3) is 0 Å². The molecule has 0 spiro atoms. The summed E-state index contributed by atoms with van der Waals surface area (Å²) >= 11 is 0. The zero-order chi connectivity index (χ0) is 19.5. The molecule has 2 aliphatic rings. The second-order valence-corrected chi connectivity index (χ2v) is 7.80. The second kappa shape index (κ2) is 8.13. The smallest absolute Gasteiger partial charge is 0.224 e. The average molecular weight is 377 g/mol. The first-order valence-corrected chi connectivity index (χ1v) is 10.1. The highest BCUT2D eigenvalue weighted by molar-refractivity contribution is 5.78. The lowest BCUT2D eigenvalue weighted by molar-refractivity contribution is -0.120. The van der Waals surface area contributed by atoms with Gasteiger partial charge in [0.2, 0.25) is 5.91 Å². The van der Waals surface area contributed by atoms with Gasteiger partial charge in [-0.2, -0.15) is 0 Å². The molecular formula is C23H27N3O2. The van der Waals surface area contributed by atoms with Gasteiger partial charge in [0.05, 0.1) is 23.6 Å². The SMILES string of the molecule is Cc1cnc(C)c(-c2ccc3c(c2)CC(CNC(=O)CC2=CCCCC2)O3)n1. The largest absolute Gasteiger partial charge is 0.488 e. The summed E-state index contributed by atoms with van der Waals surface area (Å²) in [6.45, 7) is 4.47. The molecule has 2 aromatic rings. The molecule has 1 aliphatic heterocycles. The molecule has 1 atom stereocenters. The van der Waals surface area contributed by atoms with Gasteiger partial charge in [-0.15, -0.1) is 0 Å². The molecule has 1 unspecified atom stereocenters. The first-order valence-electron chi connectivity index (χ1n) is 10.1. The van der Waals surface area contributed by atoms with Crippen LogP contribution in [0.2, 0.25) is 0 Å². The van der Waals surface area contributed by atoms with Gasteiger partial charge < -0.3 is 10.1 Å². The van der Waals surface area contributed by atoms with Crippen molar-refractivity contribution in [2.45, 2.75) is 58.5 Å². The van der Waals surface area contributed by atoms with E-state index in [0.717, 1.165) is 53.2 Å². The predicted octanol–water partition coefficient (Wildman–Crippen LogP) is 4.07. The number of carbonyl (C=O) groups excluding carboxylic acids is 1. The number of carbonyl (C=O) groups is 1. The zero-order valence-electron chi connectivity index (χ0n) is 16.6. The minimum atomic E-state index is -0.0146. The summed E-state index contributed by atoms with van der Waals surface area (Å²) in [5.41, 5.74) is 6.25. The Hall–Kier alpha value is -2.69. The summed E-state index contributed by atoms with van der Waals surface area (Å²) in [4.78, 5) is 21.3. The van der Waals surface area contributed by atoms with Gasteiger partial charge in [0.1, 0.15) is 11.9 Å². The van der Waals surface area contributed by atoms with Crippen molar-refractivity contribution in [3.8, 4) is 17.0 Å². The number of aromatic nitrogens is 2. The average Bonchev–Trinajstić information content (AvgIpc) is 3.11. The molecule has 1 aliphatic carbocycles. The molecular weight excluding hydrogens is 350 g/mol. The maximum atomic E-state index is 12.2. The molecule has 0 saturated carbocycles. The van der Waals surface area contributed by atoms with Crippen molar-refractivity contribution in [2.75, 3.05) is 6.54 Å². The molecule has 5 nitrogen and oxygen atoms in total. The molecule has 1 amide bonds. The topological polar surface area (TPSA) is 64.1 Å². The Kier molecular flexibility index (Phi) is 5.42. The summed E-state index contributed by atoms with van der Waals surface area (Å²) in [7, 11) is 0. The lowest BCUT2D eigenvalue weighted by atomic mass is 9.97. The number of amides is 1. The fourth-order valence-electron chi connectivity index (χ4n) is 3.95. The third kappa shape index (κ3) is 4.24. The van der Waals surface area contributed by atoms with Crippen LogP contribution in [0.5, 0.6) is 5.75 Å². The minimum Gasteiger partial charge on any atom is -0.488 e. The van der Waals surface area contributed by atoms with Crippen LogP contribution in [0.25, 0.3) is 11.3 Å². The standard InChI is InChI=1S/C23H27N3O2/c1-15-13-24-16(2)23(26-15)18-8-9-21-19(11-18)12-20(28-21)14-25-22(27)10-17-6-4-3-5-7-17/h6,8-9,11,13,20H,3-5,7,10,12,14H2,1-2H3,(H,25,27). The Morgan fingerprint density at radius 3 is 3.00 bits per heavy atom. The molecule has 146 valence electrons. The monoisotopic (exact) mass is 377 g/mol. The van der Waals surface area contributed by atoms with Crippen LogP contribution in [-0.2, 0) is 11.2 Å². The van der Waals surface area contributed by atoms with Crippen LogP contribution in [0.1, 0.15) is 49.1 Å². The molecule has 0 radical (unpaired) electrons. The predicted molar refractivity (Wildman–Crippen MR) is 109 cm³/mol. The number of hydrogen-bond donors (Lipinski definition) is 1. The van der Waals surface area contributed by atoms with E-state index in [-0.39, 0.29) is 12.0 Å². The third-order valence-electron chi connectivity index (χ3n) is 5.45. The number of nitrogens with zero attached hydrogens (tertiary/aromatic N) is 2. The Bertz CT molecular complexity index is 920. The van der Waals surface area contributed by atoms with E-state index in [1.54, 1.807) is 6.20 Å². The third-order valence-corrected chi connectivity index (χ3v) is 5.45. The van der Waals surface area contributed by atoms with Crippen LogP contribution in [0.4, 0.5) is 0 Å². The number of hydrogen-bond acceptors (Lipinski definition) is 4. The van der Waals surface area contributed by atoms with E-state index in [4.69, 9.17) is 4.74 Å². The molecule has 0 fully saturated rings. The van der Waals surface area contributed by atoms with Crippen LogP contribution in [0.3, 0.4) is 0 Å². The second-order valence-electron chi connectivity index (χ2n) is 7.80. The minimum absolute atomic E-state index is 0.0146. The Morgan fingerprint density at radius 1 is 1.29 bits per heavy atom. The highest BCUT2D eigenvalue weighted by atomic mass is 16.5. The molecule has 0 bridgehead atoms. The molecule has 1 aromatic heterocycles. The van der Waals surface area contributed by atoms with Crippen molar-refractivity contribution >= 4 is 5.91 Å². The number of aryl methyl sites for hydroxylation is 2. The molecule has 28 heavy (non-hydrogen) atoms. The Morgan fingerprint density at radius 2 is 2.18 bits per heavy atom. The summed E-state index contributed by atoms with van der Waals surface area (Å²) in [5, 5.41) is 3.04. The lowest BCUT2D eigenvalue weighted by Gasteiger charge is -2.14. The van der Waals surface area contributed by atoms with Crippen molar-refractivity contribution < 1.29 is 9.53 Å². The van der Waals surface area contributed by atoms with E-state index >= 15 is 0 Å². The van der Waals surface area contributed by atoms with Crippen molar-refractivity contribution in [3.63, 3.8) is 0 Å². The quantitative estimate of drug-likeness (QED) is 0.798. The first-order chi connectivity index (χ1) is 13.6. The maximum absolute atomic E-state index is 12.2. The normalized spacial score (nSPS) is 18.2. The highest BCUT2D eigenvalue weighted by Crippen LogP contribution is 2.33. The molecule has 0 saturated heterocycles. The fourth-order valence-corrected chi connectivity index (χ4v) is 3.95. The lowest BCUT2D eigenvalue weighted by Crippen LogP contribution is -2.34. The van der Waals surface area contributed by atoms with Gasteiger partial charge in [-0.25, -0.2) is 4.98 Å². The van der Waals surface area contributed by atoms with Crippen LogP contribution >= 0.6 is 0 Å². The van der Waals surface area contributed by atoms with E-state index in [0.29, 0.717) is 13.0 Å². The summed E-state index contributed by atoms with van der Waals surface area (Å²) in [5.74, 6) is 0.996. The van der Waals surface area contributed by atoms with Crippen molar-refractivity contribution in [1.29, 1.82) is 0 Å². The molecule has 1 aromatic carbocycles. The van der Waals surface area contributed by atoms with Gasteiger partial charge in [0.15, 0.2) is 0 Å². The van der Waals surface area contributed by atoms with Crippen LogP contribution in [-0.4, -0.2) is 28.5 Å². The number of benzene rings is 1. The number of nitrogens with one attached hydrogen (secondary N) is 1. The van der Waals surface area contributed by atoms with Crippen molar-refractivity contribution in [2.24, 2.45) is 0 Å². The molecule has 1 N–H and O–H groups in total. The van der Waals surface area contributed by atoms with Crippen LogP contribution < -0.4 is 10.1 Å². The molecule has 2 heterocycles. The Balaban J connectivity index is 1.36. The fraction of sp³-hybridized carbons (Fsp3) is 0.435. The first kappa shape index (κ1) is 18.7. The van der Waals surface area contributed by atoms with E-state index < -0.39 is 0 Å². The van der Waals surface area contributed by atoms with Crippen molar-refractivity contribution in [1.82, 2.24) is 15.3 Å². The van der Waals surface area contributed by atoms with Gasteiger partial charge in [-0.1, -0.05) is 11.6 Å². The van der Waals surface area contributed by atoms with E-state index in [1.807, 2.05) is 26.0 Å². The van der Waals surface area contributed by atoms with E-state index in [2.05, 4.69) is 27.4 Å². The number of ether oxygens (including phenoxy) is 1. The van der Waals surface area contributed by atoms with Crippen LogP contribution in [0.15, 0.2) is 36.0 Å². The van der Waals surface area contributed by atoms with E-state index in [9.17, 15) is 4.79 Å². The van der Waals surface area contributed by atoms with Gasteiger partial charge >= 0.3 is 0 Å². The van der Waals surface area contributed by atoms with Gasteiger partial charge in [-0.3, -0.25) is 9.78 Å². The number of rotatable bonds is 5. The molecule has 4 rings (SSSR count). The van der Waals surface area contributed by atoms with Crippen molar-refractivity contribution in [3.05, 3.63) is 53.0 Å². The van der Waals surface area contributed by atoms with Gasteiger partial charge in [-0.05, 0) is 63.3 Å². The zero-order valence-corrected chi connectivity index (χ0v) is 16.6.